The van der Waals surface area contributed by atoms with Crippen LogP contribution in [0.25, 0.3) is 0 Å². The third-order valence-electron chi connectivity index (χ3n) is 4.03. The maximum atomic E-state index is 12.4. The van der Waals surface area contributed by atoms with E-state index in [2.05, 4.69) is 15.6 Å². The van der Waals surface area contributed by atoms with Crippen LogP contribution in [-0.4, -0.2) is 65.6 Å². The molecular formula is C14H21Cl2N5O4. The van der Waals surface area contributed by atoms with Gasteiger partial charge in [0.15, 0.2) is 0 Å². The van der Waals surface area contributed by atoms with E-state index in [0.717, 1.165) is 6.42 Å². The number of halogens is 2. The minimum atomic E-state index is -0.480. The molecule has 3 heterocycles. The molecule has 0 bridgehead atoms. The number of nitrogens with one attached hydrogen (secondary N) is 2. The number of ether oxygens (including phenoxy) is 1. The Bertz CT molecular complexity index is 583. The van der Waals surface area contributed by atoms with E-state index in [0.29, 0.717) is 38.7 Å². The van der Waals surface area contributed by atoms with Crippen LogP contribution in [0.4, 0.5) is 11.5 Å². The molecule has 0 spiro atoms. The highest BCUT2D eigenvalue weighted by Crippen LogP contribution is 2.17. The zero-order chi connectivity index (χ0) is 16.2. The molecule has 1 aromatic heterocycles. The summed E-state index contributed by atoms with van der Waals surface area (Å²) >= 11 is 0. The zero-order valence-corrected chi connectivity index (χ0v) is 15.1. The zero-order valence-electron chi connectivity index (χ0n) is 13.4. The number of morpholine rings is 1. The van der Waals surface area contributed by atoms with Gasteiger partial charge in [0.05, 0.1) is 18.1 Å². The standard InChI is InChI=1S/C14H19N5O4.2ClH/c20-14(12-9-23-6-4-15-12)18-5-3-10(8-18)17-13-2-1-11(7-16-13)19(21)22;;/h1-2,7,10,12,15H,3-6,8-9H2,(H,16,17);2*1H. The molecule has 2 saturated heterocycles. The fourth-order valence-electron chi connectivity index (χ4n) is 2.81. The van der Waals surface area contributed by atoms with Crippen LogP contribution in [0.1, 0.15) is 6.42 Å². The number of anilines is 1. The molecule has 9 nitrogen and oxygen atoms in total. The molecule has 11 heteroatoms. The molecule has 1 amide bonds. The van der Waals surface area contributed by atoms with Crippen molar-refractivity contribution in [1.82, 2.24) is 15.2 Å². The van der Waals surface area contributed by atoms with Crippen LogP contribution in [0.5, 0.6) is 0 Å². The molecule has 0 saturated carbocycles. The second-order valence-electron chi connectivity index (χ2n) is 5.65. The molecule has 3 rings (SSSR count). The fraction of sp³-hybridized carbons (Fsp3) is 0.571. The monoisotopic (exact) mass is 393 g/mol. The lowest BCUT2D eigenvalue weighted by Crippen LogP contribution is -2.52. The Morgan fingerprint density at radius 3 is 2.84 bits per heavy atom. The molecule has 2 unspecified atom stereocenters. The summed E-state index contributed by atoms with van der Waals surface area (Å²) in [6.45, 7) is 3.02. The molecular weight excluding hydrogens is 373 g/mol. The topological polar surface area (TPSA) is 110 Å². The number of nitro groups is 1. The number of amides is 1. The van der Waals surface area contributed by atoms with Gasteiger partial charge in [-0.25, -0.2) is 4.98 Å². The van der Waals surface area contributed by atoms with Crippen molar-refractivity contribution in [1.29, 1.82) is 0 Å². The molecule has 2 aliphatic rings. The molecule has 0 aromatic carbocycles. The van der Waals surface area contributed by atoms with Gasteiger partial charge in [-0.1, -0.05) is 0 Å². The number of nitrogens with zero attached hydrogens (tertiary/aromatic N) is 3. The van der Waals surface area contributed by atoms with Crippen LogP contribution in [-0.2, 0) is 9.53 Å². The normalized spacial score (nSPS) is 22.5. The molecule has 2 fully saturated rings. The summed E-state index contributed by atoms with van der Waals surface area (Å²) in [4.78, 5) is 28.4. The maximum absolute atomic E-state index is 12.4. The average Bonchev–Trinajstić information content (AvgIpc) is 3.04. The fourth-order valence-corrected chi connectivity index (χ4v) is 2.81. The maximum Gasteiger partial charge on any atom is 0.287 e. The van der Waals surface area contributed by atoms with Crippen molar-refractivity contribution in [2.24, 2.45) is 0 Å². The summed E-state index contributed by atoms with van der Waals surface area (Å²) in [7, 11) is 0. The van der Waals surface area contributed by atoms with Crippen LogP contribution >= 0.6 is 24.8 Å². The number of aromatic nitrogens is 1. The van der Waals surface area contributed by atoms with Crippen molar-refractivity contribution in [3.63, 3.8) is 0 Å². The van der Waals surface area contributed by atoms with Crippen molar-refractivity contribution in [3.05, 3.63) is 28.4 Å². The lowest BCUT2D eigenvalue weighted by molar-refractivity contribution is -0.385. The molecule has 25 heavy (non-hydrogen) atoms. The Hall–Kier alpha value is -1.68. The summed E-state index contributed by atoms with van der Waals surface area (Å²) in [5, 5.41) is 17.0. The van der Waals surface area contributed by atoms with Crippen LogP contribution in [0.2, 0.25) is 0 Å². The lowest BCUT2D eigenvalue weighted by atomic mass is 10.2. The molecule has 2 aliphatic heterocycles. The Morgan fingerprint density at radius 1 is 1.44 bits per heavy atom. The molecule has 140 valence electrons. The molecule has 2 N–H and O–H groups in total. The molecule has 0 aliphatic carbocycles. The molecule has 0 radical (unpaired) electrons. The highest BCUT2D eigenvalue weighted by molar-refractivity contribution is 5.85. The van der Waals surface area contributed by atoms with Gasteiger partial charge in [-0.15, -0.1) is 24.8 Å². The van der Waals surface area contributed by atoms with E-state index in [1.54, 1.807) is 6.07 Å². The Kier molecular flexibility index (Phi) is 8.30. The van der Waals surface area contributed by atoms with Crippen molar-refractivity contribution < 1.29 is 14.5 Å². The van der Waals surface area contributed by atoms with Gasteiger partial charge in [0.2, 0.25) is 5.91 Å². The van der Waals surface area contributed by atoms with Crippen LogP contribution in [0.15, 0.2) is 18.3 Å². The number of pyridine rings is 1. The van der Waals surface area contributed by atoms with E-state index in [1.165, 1.54) is 12.3 Å². The van der Waals surface area contributed by atoms with E-state index in [1.807, 2.05) is 4.90 Å². The minimum absolute atomic E-state index is 0. The Balaban J connectivity index is 0.00000156. The third-order valence-corrected chi connectivity index (χ3v) is 4.03. The number of likely N-dealkylation sites (tertiary alicyclic amines) is 1. The van der Waals surface area contributed by atoms with E-state index < -0.39 is 4.92 Å². The first-order valence-corrected chi connectivity index (χ1v) is 7.60. The highest BCUT2D eigenvalue weighted by atomic mass is 35.5. The van der Waals surface area contributed by atoms with Crippen molar-refractivity contribution in [3.8, 4) is 0 Å². The summed E-state index contributed by atoms with van der Waals surface area (Å²) in [6.07, 6.45) is 2.04. The van der Waals surface area contributed by atoms with Crippen LogP contribution < -0.4 is 10.6 Å². The van der Waals surface area contributed by atoms with Gasteiger partial charge < -0.3 is 20.3 Å². The van der Waals surface area contributed by atoms with Gasteiger partial charge in [0, 0.05) is 31.7 Å². The lowest BCUT2D eigenvalue weighted by Gasteiger charge is -2.27. The highest BCUT2D eigenvalue weighted by Gasteiger charge is 2.31. The predicted molar refractivity (Wildman–Crippen MR) is 96.6 cm³/mol. The van der Waals surface area contributed by atoms with E-state index in [-0.39, 0.29) is 48.5 Å². The number of carbonyl (C=O) groups is 1. The van der Waals surface area contributed by atoms with Gasteiger partial charge in [-0.3, -0.25) is 14.9 Å². The van der Waals surface area contributed by atoms with Crippen molar-refractivity contribution >= 4 is 42.2 Å². The van der Waals surface area contributed by atoms with E-state index >= 15 is 0 Å². The Morgan fingerprint density at radius 2 is 2.24 bits per heavy atom. The van der Waals surface area contributed by atoms with Crippen LogP contribution in [0.3, 0.4) is 0 Å². The summed E-state index contributed by atoms with van der Waals surface area (Å²) < 4.78 is 5.33. The van der Waals surface area contributed by atoms with Gasteiger partial charge in [-0.05, 0) is 12.5 Å². The summed E-state index contributed by atoms with van der Waals surface area (Å²) in [5.74, 6) is 0.639. The summed E-state index contributed by atoms with van der Waals surface area (Å²) in [5.41, 5.74) is -0.0397. The number of hydrogen-bond acceptors (Lipinski definition) is 7. The van der Waals surface area contributed by atoms with Crippen molar-refractivity contribution in [2.45, 2.75) is 18.5 Å². The number of rotatable bonds is 4. The number of carbonyl (C=O) groups excluding carboxylic acids is 1. The largest absolute Gasteiger partial charge is 0.378 e. The van der Waals surface area contributed by atoms with Gasteiger partial charge in [-0.2, -0.15) is 0 Å². The second-order valence-corrected chi connectivity index (χ2v) is 5.65. The minimum Gasteiger partial charge on any atom is -0.378 e. The van der Waals surface area contributed by atoms with Gasteiger partial charge in [0.25, 0.3) is 5.69 Å². The van der Waals surface area contributed by atoms with Gasteiger partial charge >= 0.3 is 0 Å². The van der Waals surface area contributed by atoms with Crippen LogP contribution in [0, 0.1) is 10.1 Å². The summed E-state index contributed by atoms with van der Waals surface area (Å²) in [6, 6.07) is 2.83. The van der Waals surface area contributed by atoms with E-state index in [4.69, 9.17) is 4.74 Å². The third kappa shape index (κ3) is 5.40. The quantitative estimate of drug-likeness (QED) is 0.575. The number of hydrogen-bond donors (Lipinski definition) is 2. The first-order chi connectivity index (χ1) is 11.1. The van der Waals surface area contributed by atoms with Crippen molar-refractivity contribution in [2.75, 3.05) is 38.2 Å². The SMILES string of the molecule is Cl.Cl.O=C(C1COCCN1)N1CCC(Nc2ccc([N+](=O)[O-])cn2)C1. The molecule has 2 atom stereocenters. The van der Waals surface area contributed by atoms with Gasteiger partial charge in [0.1, 0.15) is 18.1 Å². The smallest absolute Gasteiger partial charge is 0.287 e. The first-order valence-electron chi connectivity index (χ1n) is 7.60. The van der Waals surface area contributed by atoms with E-state index in [9.17, 15) is 14.9 Å². The Labute approximate surface area is 157 Å². The molecule has 1 aromatic rings. The average molecular weight is 394 g/mol. The second kappa shape index (κ2) is 9.71. The predicted octanol–water partition coefficient (Wildman–Crippen LogP) is 0.835. The first kappa shape index (κ1) is 21.4.